The molecule has 0 saturated carbocycles. The molecule has 37 heavy (non-hydrogen) atoms. The molecule has 0 fully saturated rings. The van der Waals surface area contributed by atoms with E-state index in [2.05, 4.69) is 33.7 Å². The topological polar surface area (TPSA) is 128 Å². The van der Waals surface area contributed by atoms with Crippen molar-refractivity contribution in [2.75, 3.05) is 30.1 Å². The van der Waals surface area contributed by atoms with Crippen molar-refractivity contribution >= 4 is 75.7 Å². The number of rotatable bonds is 10. The largest absolute Gasteiger partial charge is 1.00 e. The van der Waals surface area contributed by atoms with Gasteiger partial charge in [-0.25, -0.2) is 0 Å². The summed E-state index contributed by atoms with van der Waals surface area (Å²) in [6.07, 6.45) is 2.61. The molecule has 0 unspecified atom stereocenters. The van der Waals surface area contributed by atoms with E-state index in [9.17, 15) is 25.9 Å². The Hall–Kier alpha value is -0.691. The van der Waals surface area contributed by atoms with E-state index in [1.807, 2.05) is 25.1 Å². The minimum absolute atomic E-state index is 0. The van der Waals surface area contributed by atoms with Gasteiger partial charge in [0.2, 0.25) is 0 Å². The first-order valence-corrected chi connectivity index (χ1v) is 17.7. The average Bonchev–Trinajstić information content (AvgIpc) is 3.29. The van der Waals surface area contributed by atoms with E-state index in [0.717, 1.165) is 30.2 Å². The van der Waals surface area contributed by atoms with Gasteiger partial charge in [0.1, 0.15) is 0 Å². The molecule has 1 aliphatic heterocycles. The molecule has 1 aromatic heterocycles. The van der Waals surface area contributed by atoms with Gasteiger partial charge >= 0.3 is 254 Å². The van der Waals surface area contributed by atoms with Crippen molar-refractivity contribution in [3.8, 4) is 5.75 Å². The Morgan fingerprint density at radius 1 is 1.11 bits per heavy atom. The summed E-state index contributed by atoms with van der Waals surface area (Å²) in [5.41, 5.74) is 3.09. The molecule has 2 aromatic carbocycles. The molecule has 0 saturated heterocycles. The van der Waals surface area contributed by atoms with Gasteiger partial charge in [0.15, 0.2) is 0 Å². The molecule has 0 spiro atoms. The first kappa shape index (κ1) is 30.8. The summed E-state index contributed by atoms with van der Waals surface area (Å²) in [6.45, 7) is 2.83. The first-order valence-electron chi connectivity index (χ1n) is 11.1. The fraction of sp³-hybridized carbons (Fsp3) is 0.348. The summed E-state index contributed by atoms with van der Waals surface area (Å²) in [5.74, 6) is -0.0533. The number of ether oxygens (including phenoxy) is 1. The number of aromatic nitrogens is 1. The number of nitrogens with zero attached hydrogens (tertiary/aromatic N) is 2. The Morgan fingerprint density at radius 3 is 2.54 bits per heavy atom. The molecular weight excluding hydrogens is 661 g/mol. The number of methoxy groups -OCH3 is 1. The molecule has 0 aliphatic carbocycles. The zero-order chi connectivity index (χ0) is 26.1. The van der Waals surface area contributed by atoms with Crippen LogP contribution >= 0.6 is 0 Å². The number of anilines is 1. The van der Waals surface area contributed by atoms with Gasteiger partial charge in [0.05, 0.1) is 0 Å². The van der Waals surface area contributed by atoms with Crippen LogP contribution in [0.5, 0.6) is 5.75 Å². The van der Waals surface area contributed by atoms with Gasteiger partial charge < -0.3 is 0 Å². The van der Waals surface area contributed by atoms with E-state index in [-0.39, 0.29) is 77.6 Å². The predicted octanol–water partition coefficient (Wildman–Crippen LogP) is -2.13. The molecule has 3 aromatic rings. The third-order valence-corrected chi connectivity index (χ3v) is 11.9. The zero-order valence-corrected chi connectivity index (χ0v) is 27.8. The van der Waals surface area contributed by atoms with E-state index in [1.54, 1.807) is 7.11 Å². The number of hydrogen-bond donors (Lipinski definition) is 1. The molecule has 1 aliphatic rings. The van der Waals surface area contributed by atoms with E-state index >= 15 is 0 Å². The maximum atomic E-state index is 11.3. The molecular formula is C23H26N2NaO7S2Se2+. The molecule has 0 amide bonds. The summed E-state index contributed by atoms with van der Waals surface area (Å²) < 4.78 is 77.3. The van der Waals surface area contributed by atoms with Gasteiger partial charge in [-0.1, -0.05) is 0 Å². The maximum Gasteiger partial charge on any atom is 1.00 e. The Kier molecular flexibility index (Phi) is 10.5. The van der Waals surface area contributed by atoms with Gasteiger partial charge in [0, 0.05) is 0 Å². The smallest absolute Gasteiger partial charge is 1.00 e. The average molecular weight is 688 g/mol. The Balaban J connectivity index is 0.00000380. The SMILES string of the molecule is COc1ccc2[se]c(C=C3[Se]c4ccc(C)cc4N3CCCS(=O)(=O)O)[n+](CCCS(=O)(=O)[O-])c2c1.[Na+]. The first-order chi connectivity index (χ1) is 16.9. The minimum atomic E-state index is -4.31. The maximum absolute atomic E-state index is 11.3. The Labute approximate surface area is 251 Å². The van der Waals surface area contributed by atoms with Gasteiger partial charge in [-0.15, -0.1) is 0 Å². The van der Waals surface area contributed by atoms with Gasteiger partial charge in [-0.2, -0.15) is 0 Å². The molecule has 4 rings (SSSR count). The third kappa shape index (κ3) is 8.16. The number of aryl methyl sites for hydroxylation is 2. The quantitative estimate of drug-likeness (QED) is 0.146. The van der Waals surface area contributed by atoms with Gasteiger partial charge in [-0.3, -0.25) is 0 Å². The van der Waals surface area contributed by atoms with Crippen molar-refractivity contribution in [3.05, 3.63) is 51.1 Å². The Bertz CT molecular complexity index is 1540. The van der Waals surface area contributed by atoms with Gasteiger partial charge in [-0.05, 0) is 0 Å². The number of benzene rings is 2. The van der Waals surface area contributed by atoms with Crippen molar-refractivity contribution in [2.24, 2.45) is 0 Å². The van der Waals surface area contributed by atoms with Crippen molar-refractivity contribution in [1.29, 1.82) is 0 Å². The van der Waals surface area contributed by atoms with Crippen molar-refractivity contribution in [3.63, 3.8) is 0 Å². The zero-order valence-electron chi connectivity index (χ0n) is 20.7. The van der Waals surface area contributed by atoms with E-state index in [4.69, 9.17) is 4.74 Å². The number of fused-ring (bicyclic) bond motifs is 2. The molecule has 1 N–H and O–H groups in total. The minimum Gasteiger partial charge on any atom is 1.00 e. The molecule has 0 atom stereocenters. The second-order valence-corrected chi connectivity index (χ2v) is 15.9. The van der Waals surface area contributed by atoms with Crippen LogP contribution in [-0.2, 0) is 26.8 Å². The monoisotopic (exact) mass is 689 g/mol. The fourth-order valence-corrected chi connectivity index (χ4v) is 10.00. The molecule has 2 heterocycles. The van der Waals surface area contributed by atoms with Crippen molar-refractivity contribution in [1.82, 2.24) is 0 Å². The number of hydrogen-bond acceptors (Lipinski definition) is 7. The Morgan fingerprint density at radius 2 is 1.86 bits per heavy atom. The summed E-state index contributed by atoms with van der Waals surface area (Å²) >= 11 is -0.0630. The summed E-state index contributed by atoms with van der Waals surface area (Å²) in [7, 11) is -6.78. The van der Waals surface area contributed by atoms with Crippen LogP contribution in [-0.4, -0.2) is 80.6 Å². The summed E-state index contributed by atoms with van der Waals surface area (Å²) in [4.78, 5) is 2.13. The van der Waals surface area contributed by atoms with Crippen LogP contribution in [0.2, 0.25) is 0 Å². The molecule has 0 radical (unpaired) electrons. The summed E-state index contributed by atoms with van der Waals surface area (Å²) in [6, 6.07) is 12.1. The van der Waals surface area contributed by atoms with Gasteiger partial charge in [0.25, 0.3) is 0 Å². The second kappa shape index (κ2) is 12.7. The molecule has 9 nitrogen and oxygen atoms in total. The molecule has 14 heteroatoms. The van der Waals surface area contributed by atoms with Crippen LogP contribution in [0.1, 0.15) is 23.0 Å². The van der Waals surface area contributed by atoms with Crippen LogP contribution < -0.4 is 48.2 Å². The van der Waals surface area contributed by atoms with Crippen LogP contribution in [0.25, 0.3) is 15.9 Å². The standard InChI is InChI=1S/C23H26N2O7S2Se2.Na/c1-16-5-7-20-18(13-16)24(9-3-11-33(26,27)28)22(35-20)15-23-25(10-4-12-34(29,30)31)19-14-17(32-2)6-8-21(19)36-23;/h5-8,13-15H,3-4,9-12H2,1-2H3,(H-,26,27,28,29,30,31);/q;+1. The van der Waals surface area contributed by atoms with Crippen LogP contribution in [0, 0.1) is 6.92 Å². The van der Waals surface area contributed by atoms with E-state index in [0.29, 0.717) is 18.8 Å². The van der Waals surface area contributed by atoms with E-state index in [1.165, 1.54) is 4.46 Å². The van der Waals surface area contributed by atoms with Crippen LogP contribution in [0.4, 0.5) is 5.69 Å². The summed E-state index contributed by atoms with van der Waals surface area (Å²) in [5, 5.41) is 0. The second-order valence-electron chi connectivity index (χ2n) is 8.39. The van der Waals surface area contributed by atoms with Crippen molar-refractivity contribution < 1.29 is 64.8 Å². The van der Waals surface area contributed by atoms with Crippen molar-refractivity contribution in [2.45, 2.75) is 26.3 Å². The van der Waals surface area contributed by atoms with E-state index < -0.39 is 26.0 Å². The van der Waals surface area contributed by atoms with Crippen LogP contribution in [0.3, 0.4) is 0 Å². The fourth-order valence-electron chi connectivity index (χ4n) is 4.01. The molecule has 194 valence electrons. The third-order valence-electron chi connectivity index (χ3n) is 5.63. The molecule has 0 bridgehead atoms. The van der Waals surface area contributed by atoms with Crippen LogP contribution in [0.15, 0.2) is 41.0 Å². The predicted molar refractivity (Wildman–Crippen MR) is 140 cm³/mol. The normalized spacial score (nSPS) is 14.7.